The van der Waals surface area contributed by atoms with Crippen molar-refractivity contribution < 1.29 is 0 Å². The molecule has 1 aliphatic heterocycles. The third-order valence-corrected chi connectivity index (χ3v) is 5.15. The summed E-state index contributed by atoms with van der Waals surface area (Å²) in [6.07, 6.45) is 1.16. The molecule has 17 heavy (non-hydrogen) atoms. The molecule has 0 saturated heterocycles. The Morgan fingerprint density at radius 1 is 1.29 bits per heavy atom. The molecule has 88 valence electrons. The van der Waals surface area contributed by atoms with Gasteiger partial charge >= 0.3 is 0 Å². The summed E-state index contributed by atoms with van der Waals surface area (Å²) in [5, 5.41) is 3.51. The van der Waals surface area contributed by atoms with Crippen molar-refractivity contribution in [2.45, 2.75) is 19.4 Å². The largest absolute Gasteiger partial charge is 0.309 e. The molecule has 1 unspecified atom stereocenters. The van der Waals surface area contributed by atoms with Gasteiger partial charge in [0, 0.05) is 20.3 Å². The molecule has 0 bridgehead atoms. The Balaban J connectivity index is 2.02. The first-order chi connectivity index (χ1) is 8.24. The van der Waals surface area contributed by atoms with Crippen LogP contribution in [0.4, 0.5) is 0 Å². The maximum Gasteiger partial charge on any atom is 0.0389 e. The van der Waals surface area contributed by atoms with Crippen LogP contribution in [0.3, 0.4) is 0 Å². The lowest BCUT2D eigenvalue weighted by Crippen LogP contribution is -2.26. The number of benzene rings is 1. The summed E-state index contributed by atoms with van der Waals surface area (Å²) in [6.45, 7) is 3.35. The number of nitrogens with one attached hydrogen (secondary N) is 1. The lowest BCUT2D eigenvalue weighted by atomic mass is 10.0. The van der Waals surface area contributed by atoms with Crippen LogP contribution < -0.4 is 5.32 Å². The van der Waals surface area contributed by atoms with E-state index in [9.17, 15) is 0 Å². The molecule has 3 heteroatoms. The zero-order chi connectivity index (χ0) is 11.8. The lowest BCUT2D eigenvalue weighted by molar-refractivity contribution is 0.551. The topological polar surface area (TPSA) is 12.0 Å². The van der Waals surface area contributed by atoms with Gasteiger partial charge in [-0.15, -0.1) is 11.3 Å². The van der Waals surface area contributed by atoms with Crippen molar-refractivity contribution in [3.05, 3.63) is 45.2 Å². The van der Waals surface area contributed by atoms with Crippen molar-refractivity contribution >= 4 is 27.3 Å². The quantitative estimate of drug-likeness (QED) is 0.824. The summed E-state index contributed by atoms with van der Waals surface area (Å²) in [4.78, 5) is 2.90. The average Bonchev–Trinajstić information content (AvgIpc) is 2.75. The van der Waals surface area contributed by atoms with Crippen molar-refractivity contribution in [2.75, 3.05) is 6.54 Å². The van der Waals surface area contributed by atoms with E-state index in [1.165, 1.54) is 20.9 Å². The first-order valence-electron chi connectivity index (χ1n) is 5.86. The number of halogens is 1. The van der Waals surface area contributed by atoms with Crippen molar-refractivity contribution in [1.82, 2.24) is 5.32 Å². The Kier molecular flexibility index (Phi) is 3.07. The maximum atomic E-state index is 3.51. The average molecular weight is 308 g/mol. The van der Waals surface area contributed by atoms with E-state index in [-0.39, 0.29) is 0 Å². The predicted octanol–water partition coefficient (Wildman–Crippen LogP) is 4.38. The van der Waals surface area contributed by atoms with Gasteiger partial charge in [-0.2, -0.15) is 0 Å². The molecule has 0 fully saturated rings. The molecule has 2 heterocycles. The zero-order valence-corrected chi connectivity index (χ0v) is 12.1. The van der Waals surface area contributed by atoms with Crippen molar-refractivity contribution in [2.24, 2.45) is 0 Å². The smallest absolute Gasteiger partial charge is 0.0389 e. The summed E-state index contributed by atoms with van der Waals surface area (Å²) in [7, 11) is 0. The van der Waals surface area contributed by atoms with Crippen LogP contribution in [0.2, 0.25) is 0 Å². The van der Waals surface area contributed by atoms with Gasteiger partial charge in [0.05, 0.1) is 0 Å². The first-order valence-corrected chi connectivity index (χ1v) is 7.47. The second-order valence-corrected chi connectivity index (χ2v) is 6.43. The predicted molar refractivity (Wildman–Crippen MR) is 77.6 cm³/mol. The molecule has 0 amide bonds. The highest BCUT2D eigenvalue weighted by atomic mass is 79.9. The molecule has 0 saturated carbocycles. The van der Waals surface area contributed by atoms with E-state index < -0.39 is 0 Å². The van der Waals surface area contributed by atoms with Crippen LogP contribution >= 0.6 is 27.3 Å². The summed E-state index contributed by atoms with van der Waals surface area (Å²) >= 11 is 5.40. The van der Waals surface area contributed by atoms with Gasteiger partial charge in [0.1, 0.15) is 0 Å². The monoisotopic (exact) mass is 307 g/mol. The van der Waals surface area contributed by atoms with E-state index in [4.69, 9.17) is 0 Å². The number of fused-ring (bicyclic) bond motifs is 1. The first kappa shape index (κ1) is 11.5. The standard InChI is InChI=1S/C14H14BrNS/c1-9-14-11(6-7-16-9)8-13(17-14)10-2-4-12(15)5-3-10/h2-5,8-9,16H,6-7H2,1H3. The molecule has 3 rings (SSSR count). The van der Waals surface area contributed by atoms with E-state index in [0.717, 1.165) is 17.4 Å². The molecule has 1 aromatic carbocycles. The molecule has 1 N–H and O–H groups in total. The van der Waals surface area contributed by atoms with E-state index >= 15 is 0 Å². The van der Waals surface area contributed by atoms with Gasteiger partial charge in [-0.25, -0.2) is 0 Å². The number of rotatable bonds is 1. The van der Waals surface area contributed by atoms with Crippen molar-refractivity contribution in [1.29, 1.82) is 0 Å². The highest BCUT2D eigenvalue weighted by molar-refractivity contribution is 9.10. The minimum Gasteiger partial charge on any atom is -0.309 e. The van der Waals surface area contributed by atoms with Crippen LogP contribution in [0.1, 0.15) is 23.4 Å². The fraction of sp³-hybridized carbons (Fsp3) is 0.286. The third kappa shape index (κ3) is 2.19. The Labute approximate surface area is 114 Å². The lowest BCUT2D eigenvalue weighted by Gasteiger charge is -2.19. The summed E-state index contributed by atoms with van der Waals surface area (Å²) in [6, 6.07) is 11.4. The zero-order valence-electron chi connectivity index (χ0n) is 9.66. The Morgan fingerprint density at radius 3 is 2.76 bits per heavy atom. The summed E-state index contributed by atoms with van der Waals surface area (Å²) in [5.41, 5.74) is 2.85. The normalized spacial score (nSPS) is 19.1. The molecular formula is C14H14BrNS. The van der Waals surface area contributed by atoms with Gasteiger partial charge in [0.25, 0.3) is 0 Å². The molecule has 1 nitrogen and oxygen atoms in total. The van der Waals surface area contributed by atoms with E-state index in [1.54, 1.807) is 0 Å². The number of hydrogen-bond acceptors (Lipinski definition) is 2. The molecule has 2 aromatic rings. The minimum absolute atomic E-state index is 0.507. The highest BCUT2D eigenvalue weighted by Crippen LogP contribution is 2.37. The molecule has 1 aromatic heterocycles. The molecule has 0 spiro atoms. The third-order valence-electron chi connectivity index (χ3n) is 3.21. The van der Waals surface area contributed by atoms with Crippen LogP contribution in [-0.4, -0.2) is 6.54 Å². The van der Waals surface area contributed by atoms with E-state index in [2.05, 4.69) is 58.5 Å². The van der Waals surface area contributed by atoms with Gasteiger partial charge in [-0.3, -0.25) is 0 Å². The second kappa shape index (κ2) is 4.56. The highest BCUT2D eigenvalue weighted by Gasteiger charge is 2.19. The van der Waals surface area contributed by atoms with Crippen molar-refractivity contribution in [3.63, 3.8) is 0 Å². The molecular weight excluding hydrogens is 294 g/mol. The van der Waals surface area contributed by atoms with Gasteiger partial charge < -0.3 is 5.32 Å². The number of hydrogen-bond donors (Lipinski definition) is 1. The Morgan fingerprint density at radius 2 is 2.06 bits per heavy atom. The van der Waals surface area contributed by atoms with Crippen LogP contribution in [0.5, 0.6) is 0 Å². The van der Waals surface area contributed by atoms with E-state index in [1.807, 2.05) is 11.3 Å². The fourth-order valence-corrected chi connectivity index (χ4v) is 3.79. The summed E-state index contributed by atoms with van der Waals surface area (Å²) in [5.74, 6) is 0. The van der Waals surface area contributed by atoms with Crippen molar-refractivity contribution in [3.8, 4) is 10.4 Å². The molecule has 0 radical (unpaired) electrons. The minimum atomic E-state index is 0.507. The van der Waals surface area contributed by atoms with Crippen LogP contribution in [-0.2, 0) is 6.42 Å². The van der Waals surface area contributed by atoms with Gasteiger partial charge in [-0.05, 0) is 49.2 Å². The van der Waals surface area contributed by atoms with Crippen LogP contribution in [0.25, 0.3) is 10.4 Å². The number of thiophene rings is 1. The Hall–Kier alpha value is -0.640. The molecule has 0 aliphatic carbocycles. The molecule has 1 atom stereocenters. The maximum absolute atomic E-state index is 3.51. The van der Waals surface area contributed by atoms with Crippen LogP contribution in [0.15, 0.2) is 34.8 Å². The van der Waals surface area contributed by atoms with Gasteiger partial charge in [0.2, 0.25) is 0 Å². The van der Waals surface area contributed by atoms with E-state index in [0.29, 0.717) is 6.04 Å². The molecule has 1 aliphatic rings. The van der Waals surface area contributed by atoms with Gasteiger partial charge in [0.15, 0.2) is 0 Å². The van der Waals surface area contributed by atoms with Crippen LogP contribution in [0, 0.1) is 0 Å². The Bertz CT molecular complexity index is 530. The summed E-state index contributed by atoms with van der Waals surface area (Å²) < 4.78 is 1.14. The SMILES string of the molecule is CC1NCCc2cc(-c3ccc(Br)cc3)sc21. The van der Waals surface area contributed by atoms with Gasteiger partial charge in [-0.1, -0.05) is 28.1 Å². The fourth-order valence-electron chi connectivity index (χ4n) is 2.28. The second-order valence-electron chi connectivity index (χ2n) is 4.43.